The fourth-order valence-electron chi connectivity index (χ4n) is 6.15. The number of aliphatic hydroxyl groups excluding tert-OH is 2. The molecule has 3 aliphatic rings. The van der Waals surface area contributed by atoms with Crippen molar-refractivity contribution in [2.75, 3.05) is 44.3 Å². The maximum absolute atomic E-state index is 13.3. The van der Waals surface area contributed by atoms with Crippen LogP contribution in [-0.4, -0.2) is 109 Å². The summed E-state index contributed by atoms with van der Waals surface area (Å²) < 4.78 is 0. The number of amides is 2. The largest absolute Gasteiger partial charge is 0.391 e. The van der Waals surface area contributed by atoms with Gasteiger partial charge >= 0.3 is 0 Å². The SMILES string of the molecule is C[C@H]1CN(C(=O)CN2CN(c3ccccc3)C3(CCN(C(=O)c4cnc5[nH]ncc5c4)CC3)C2O)C[C@@H]1O. The van der Waals surface area contributed by atoms with Gasteiger partial charge in [0.1, 0.15) is 6.23 Å². The van der Waals surface area contributed by atoms with Crippen LogP contribution in [0.15, 0.2) is 48.8 Å². The lowest BCUT2D eigenvalue weighted by Gasteiger charge is -2.46. The van der Waals surface area contributed by atoms with Crippen molar-refractivity contribution < 1.29 is 19.8 Å². The summed E-state index contributed by atoms with van der Waals surface area (Å²) >= 11 is 0. The first kappa shape index (κ1) is 24.8. The first-order valence-electron chi connectivity index (χ1n) is 13.1. The number of aromatic amines is 1. The topological polar surface area (TPSA) is 129 Å². The Bertz CT molecular complexity index is 1310. The summed E-state index contributed by atoms with van der Waals surface area (Å²) in [6, 6.07) is 11.7. The Labute approximate surface area is 220 Å². The fraction of sp³-hybridized carbons (Fsp3) is 0.481. The quantitative estimate of drug-likeness (QED) is 0.463. The second-order valence-electron chi connectivity index (χ2n) is 10.8. The van der Waals surface area contributed by atoms with Gasteiger partial charge in [-0.25, -0.2) is 9.88 Å². The zero-order valence-electron chi connectivity index (χ0n) is 21.4. The van der Waals surface area contributed by atoms with Crippen LogP contribution in [0.3, 0.4) is 0 Å². The molecule has 38 heavy (non-hydrogen) atoms. The van der Waals surface area contributed by atoms with E-state index >= 15 is 0 Å². The molecule has 3 fully saturated rings. The number of fused-ring (bicyclic) bond motifs is 1. The molecule has 3 N–H and O–H groups in total. The number of benzene rings is 1. The molecular weight excluding hydrogens is 486 g/mol. The number of rotatable bonds is 4. The van der Waals surface area contributed by atoms with Crippen LogP contribution in [0.1, 0.15) is 30.1 Å². The summed E-state index contributed by atoms with van der Waals surface area (Å²) in [5.74, 6) is -0.142. The number of carbonyl (C=O) groups is 2. The van der Waals surface area contributed by atoms with E-state index in [4.69, 9.17) is 0 Å². The monoisotopic (exact) mass is 519 g/mol. The minimum atomic E-state index is -0.877. The Morgan fingerprint density at radius 3 is 2.55 bits per heavy atom. The number of β-amino-alcohol motifs (C(OH)–C–C–N with tert-alkyl or cyclic N) is 1. The van der Waals surface area contributed by atoms with Gasteiger partial charge in [-0.05, 0) is 31.0 Å². The molecule has 200 valence electrons. The number of pyridine rings is 1. The molecule has 6 rings (SSSR count). The normalized spacial score (nSPS) is 25.6. The molecule has 3 saturated heterocycles. The van der Waals surface area contributed by atoms with E-state index in [1.165, 1.54) is 0 Å². The van der Waals surface area contributed by atoms with Crippen molar-refractivity contribution in [3.05, 3.63) is 54.4 Å². The highest BCUT2D eigenvalue weighted by atomic mass is 16.3. The number of nitrogens with zero attached hydrogens (tertiary/aromatic N) is 6. The van der Waals surface area contributed by atoms with E-state index in [0.29, 0.717) is 56.9 Å². The van der Waals surface area contributed by atoms with Crippen LogP contribution in [0, 0.1) is 5.92 Å². The Kier molecular flexibility index (Phi) is 6.29. The van der Waals surface area contributed by atoms with E-state index < -0.39 is 17.9 Å². The highest BCUT2D eigenvalue weighted by Crippen LogP contribution is 2.42. The average Bonchev–Trinajstić information content (AvgIpc) is 3.62. The molecule has 0 bridgehead atoms. The predicted octanol–water partition coefficient (Wildman–Crippen LogP) is 0.870. The lowest BCUT2D eigenvalue weighted by atomic mass is 9.84. The van der Waals surface area contributed by atoms with E-state index in [2.05, 4.69) is 20.1 Å². The minimum absolute atomic E-state index is 0.0425. The molecule has 3 aliphatic heterocycles. The van der Waals surface area contributed by atoms with Gasteiger partial charge in [0, 0.05) is 49.4 Å². The summed E-state index contributed by atoms with van der Waals surface area (Å²) in [6.07, 6.45) is 2.94. The lowest BCUT2D eigenvalue weighted by molar-refractivity contribution is -0.134. The van der Waals surface area contributed by atoms with Crippen molar-refractivity contribution in [3.8, 4) is 0 Å². The summed E-state index contributed by atoms with van der Waals surface area (Å²) in [7, 11) is 0. The molecule has 1 unspecified atom stereocenters. The van der Waals surface area contributed by atoms with Gasteiger partial charge in [0.05, 0.1) is 36.6 Å². The third kappa shape index (κ3) is 4.20. The van der Waals surface area contributed by atoms with E-state index in [1.807, 2.05) is 47.1 Å². The van der Waals surface area contributed by atoms with E-state index in [-0.39, 0.29) is 24.3 Å². The van der Waals surface area contributed by atoms with Crippen LogP contribution in [0.2, 0.25) is 0 Å². The Balaban J connectivity index is 1.20. The third-order valence-electron chi connectivity index (χ3n) is 8.47. The first-order chi connectivity index (χ1) is 18.4. The number of likely N-dealkylation sites (tertiary alicyclic amines) is 2. The number of anilines is 1. The molecule has 11 nitrogen and oxygen atoms in total. The van der Waals surface area contributed by atoms with Crippen molar-refractivity contribution in [1.82, 2.24) is 29.9 Å². The van der Waals surface area contributed by atoms with Gasteiger partial charge in [-0.3, -0.25) is 14.7 Å². The van der Waals surface area contributed by atoms with Crippen molar-refractivity contribution in [2.24, 2.45) is 5.92 Å². The molecule has 5 heterocycles. The van der Waals surface area contributed by atoms with Gasteiger partial charge in [-0.15, -0.1) is 0 Å². The van der Waals surface area contributed by atoms with Crippen LogP contribution in [0.25, 0.3) is 11.0 Å². The zero-order chi connectivity index (χ0) is 26.4. The number of carbonyl (C=O) groups excluding carboxylic acids is 2. The van der Waals surface area contributed by atoms with Crippen molar-refractivity contribution in [2.45, 2.75) is 37.6 Å². The smallest absolute Gasteiger partial charge is 0.255 e. The standard InChI is InChI=1S/C27H33N7O4/c1-18-14-32(15-22(18)35)23(36)16-33-17-34(21-5-3-2-4-6-21)27(26(33)38)7-9-31(10-8-27)25(37)20-11-19-13-29-30-24(19)28-12-20/h2-6,11-13,18,22,26,35,38H,7-10,14-17H2,1H3,(H,28,29,30)/t18-,22-,26?/m0/s1. The van der Waals surface area contributed by atoms with E-state index in [9.17, 15) is 19.8 Å². The molecule has 3 atom stereocenters. The summed E-state index contributed by atoms with van der Waals surface area (Å²) in [5.41, 5.74) is 1.49. The highest BCUT2D eigenvalue weighted by molar-refractivity contribution is 5.96. The Morgan fingerprint density at radius 1 is 1.08 bits per heavy atom. The number of aromatic nitrogens is 3. The molecule has 0 saturated carbocycles. The molecule has 2 amide bonds. The fourth-order valence-corrected chi connectivity index (χ4v) is 6.15. The van der Waals surface area contributed by atoms with Crippen LogP contribution in [0.4, 0.5) is 5.69 Å². The summed E-state index contributed by atoms with van der Waals surface area (Å²) in [4.78, 5) is 38.2. The number of nitrogens with one attached hydrogen (secondary N) is 1. The van der Waals surface area contributed by atoms with Crippen LogP contribution < -0.4 is 4.90 Å². The number of hydrogen-bond donors (Lipinski definition) is 3. The van der Waals surface area contributed by atoms with Crippen molar-refractivity contribution in [3.63, 3.8) is 0 Å². The summed E-state index contributed by atoms with van der Waals surface area (Å²) in [5, 5.41) is 29.3. The van der Waals surface area contributed by atoms with Crippen molar-refractivity contribution in [1.29, 1.82) is 0 Å². The minimum Gasteiger partial charge on any atom is -0.391 e. The van der Waals surface area contributed by atoms with Gasteiger partial charge in [0.15, 0.2) is 5.65 Å². The van der Waals surface area contributed by atoms with E-state index in [1.54, 1.807) is 23.4 Å². The second-order valence-corrected chi connectivity index (χ2v) is 10.8. The van der Waals surface area contributed by atoms with E-state index in [0.717, 1.165) is 11.1 Å². The number of aliphatic hydroxyl groups is 2. The predicted molar refractivity (Wildman–Crippen MR) is 140 cm³/mol. The first-order valence-corrected chi connectivity index (χ1v) is 13.1. The third-order valence-corrected chi connectivity index (χ3v) is 8.47. The molecule has 11 heteroatoms. The van der Waals surface area contributed by atoms with Crippen molar-refractivity contribution >= 4 is 28.5 Å². The number of hydrogen-bond acceptors (Lipinski definition) is 8. The molecule has 2 aromatic heterocycles. The van der Waals surface area contributed by atoms with Gasteiger partial charge in [-0.2, -0.15) is 5.10 Å². The van der Waals surface area contributed by atoms with Gasteiger partial charge in [-0.1, -0.05) is 25.1 Å². The number of para-hydroxylation sites is 1. The molecule has 1 aromatic carbocycles. The Hall–Kier alpha value is -3.54. The summed E-state index contributed by atoms with van der Waals surface area (Å²) in [6.45, 7) is 4.21. The van der Waals surface area contributed by atoms with Crippen LogP contribution in [0.5, 0.6) is 0 Å². The highest BCUT2D eigenvalue weighted by Gasteiger charge is 2.54. The molecule has 0 radical (unpaired) electrons. The van der Waals surface area contributed by atoms with Crippen LogP contribution in [-0.2, 0) is 4.79 Å². The van der Waals surface area contributed by atoms with Gasteiger partial charge in [0.2, 0.25) is 5.91 Å². The molecule has 3 aromatic rings. The van der Waals surface area contributed by atoms with Crippen LogP contribution >= 0.6 is 0 Å². The Morgan fingerprint density at radius 2 is 1.84 bits per heavy atom. The molecular formula is C27H33N7O4. The number of H-pyrrole nitrogens is 1. The molecule has 0 aliphatic carbocycles. The second kappa shape index (κ2) is 9.64. The lowest BCUT2D eigenvalue weighted by Crippen LogP contribution is -2.59. The average molecular weight is 520 g/mol. The molecule has 1 spiro atoms. The maximum atomic E-state index is 13.3. The van der Waals surface area contributed by atoms with Gasteiger partial charge in [0.25, 0.3) is 5.91 Å². The number of piperidine rings is 1. The van der Waals surface area contributed by atoms with Gasteiger partial charge < -0.3 is 24.9 Å². The zero-order valence-corrected chi connectivity index (χ0v) is 21.4. The maximum Gasteiger partial charge on any atom is 0.255 e.